The van der Waals surface area contributed by atoms with Gasteiger partial charge in [-0.1, -0.05) is 12.1 Å². The van der Waals surface area contributed by atoms with Crippen LogP contribution in [-0.2, 0) is 22.6 Å². The zero-order chi connectivity index (χ0) is 18.7. The molecule has 6 heteroatoms. The molecule has 3 rings (SSSR count). The van der Waals surface area contributed by atoms with E-state index in [9.17, 15) is 14.4 Å². The molecule has 1 fully saturated rings. The molecule has 2 heterocycles. The molecule has 2 aliphatic heterocycles. The maximum atomic E-state index is 12.3. The fourth-order valence-corrected chi connectivity index (χ4v) is 4.02. The zero-order valence-electron chi connectivity index (χ0n) is 15.2. The van der Waals surface area contributed by atoms with Gasteiger partial charge in [0.25, 0.3) is 0 Å². The number of hydrogen-bond donors (Lipinski definition) is 1. The molecule has 26 heavy (non-hydrogen) atoms. The Hall–Kier alpha value is -2.05. The average Bonchev–Trinajstić information content (AvgIpc) is 2.77. The van der Waals surface area contributed by atoms with Crippen molar-refractivity contribution in [3.05, 3.63) is 34.9 Å². The Morgan fingerprint density at radius 1 is 1.23 bits per heavy atom. The van der Waals surface area contributed by atoms with Gasteiger partial charge in [-0.25, -0.2) is 0 Å². The lowest BCUT2D eigenvalue weighted by Gasteiger charge is -2.35. The highest BCUT2D eigenvalue weighted by Gasteiger charge is 2.26. The highest BCUT2D eigenvalue weighted by Crippen LogP contribution is 2.23. The van der Waals surface area contributed by atoms with Crippen molar-refractivity contribution in [2.45, 2.75) is 32.7 Å². The fraction of sp³-hybridized carbons (Fsp3) is 0.550. The summed E-state index contributed by atoms with van der Waals surface area (Å²) in [6.45, 7) is 4.44. The van der Waals surface area contributed by atoms with Crippen molar-refractivity contribution < 1.29 is 19.5 Å². The lowest BCUT2D eigenvalue weighted by Crippen LogP contribution is -2.43. The van der Waals surface area contributed by atoms with Crippen molar-refractivity contribution in [2.24, 2.45) is 5.92 Å². The maximum Gasteiger partial charge on any atom is 0.219 e. The van der Waals surface area contributed by atoms with Gasteiger partial charge in [-0.05, 0) is 36.0 Å². The van der Waals surface area contributed by atoms with E-state index in [1.54, 1.807) is 13.0 Å². The monoisotopic (exact) mass is 358 g/mol. The van der Waals surface area contributed by atoms with E-state index in [0.717, 1.165) is 43.6 Å². The van der Waals surface area contributed by atoms with Gasteiger partial charge in [-0.15, -0.1) is 0 Å². The third kappa shape index (κ3) is 4.37. The number of ketones is 2. The largest absolute Gasteiger partial charge is 0.388 e. The predicted octanol–water partition coefficient (Wildman–Crippen LogP) is 1.05. The number of aliphatic hydroxyl groups excluding tert-OH is 1. The van der Waals surface area contributed by atoms with Crippen LogP contribution in [-0.4, -0.2) is 65.2 Å². The number of hydrogen-bond acceptors (Lipinski definition) is 5. The Balaban J connectivity index is 1.74. The van der Waals surface area contributed by atoms with E-state index in [1.807, 2.05) is 17.0 Å². The van der Waals surface area contributed by atoms with Crippen LogP contribution in [0.2, 0.25) is 0 Å². The summed E-state index contributed by atoms with van der Waals surface area (Å²) in [7, 11) is 0. The number of fused-ring (bicyclic) bond motifs is 1. The van der Waals surface area contributed by atoms with E-state index in [0.29, 0.717) is 31.0 Å². The fourth-order valence-electron chi connectivity index (χ4n) is 4.02. The molecule has 1 unspecified atom stereocenters. The molecule has 0 aromatic heterocycles. The Morgan fingerprint density at radius 2 is 2.04 bits per heavy atom. The second-order valence-corrected chi connectivity index (χ2v) is 7.42. The van der Waals surface area contributed by atoms with E-state index in [2.05, 4.69) is 4.90 Å². The molecule has 1 saturated heterocycles. The number of piperidine rings is 1. The maximum absolute atomic E-state index is 12.3. The van der Waals surface area contributed by atoms with Gasteiger partial charge < -0.3 is 10.0 Å². The number of aliphatic hydroxyl groups is 1. The summed E-state index contributed by atoms with van der Waals surface area (Å²) in [5.74, 6) is 0.340. The molecule has 0 bridgehead atoms. The molecule has 1 amide bonds. The first kappa shape index (κ1) is 18.7. The molecular weight excluding hydrogens is 332 g/mol. The van der Waals surface area contributed by atoms with Crippen molar-refractivity contribution in [2.75, 3.05) is 32.8 Å². The first-order chi connectivity index (χ1) is 12.5. The predicted molar refractivity (Wildman–Crippen MR) is 96.8 cm³/mol. The minimum atomic E-state index is -0.510. The minimum absolute atomic E-state index is 0.110. The first-order valence-corrected chi connectivity index (χ1v) is 9.21. The van der Waals surface area contributed by atoms with Gasteiger partial charge in [0.1, 0.15) is 6.61 Å². The number of carbonyl (C=O) groups is 3. The second-order valence-electron chi connectivity index (χ2n) is 7.42. The van der Waals surface area contributed by atoms with Crippen molar-refractivity contribution in [1.82, 2.24) is 9.80 Å². The molecule has 1 N–H and O–H groups in total. The molecule has 2 aliphatic rings. The summed E-state index contributed by atoms with van der Waals surface area (Å²) in [4.78, 5) is 39.8. The number of nitrogens with zero attached hydrogens (tertiary/aromatic N) is 2. The van der Waals surface area contributed by atoms with E-state index in [-0.39, 0.29) is 17.5 Å². The lowest BCUT2D eigenvalue weighted by atomic mass is 9.97. The number of amides is 1. The van der Waals surface area contributed by atoms with Gasteiger partial charge >= 0.3 is 0 Å². The molecule has 1 atom stereocenters. The first-order valence-electron chi connectivity index (χ1n) is 9.21. The van der Waals surface area contributed by atoms with Crippen LogP contribution in [0.5, 0.6) is 0 Å². The summed E-state index contributed by atoms with van der Waals surface area (Å²) in [6, 6.07) is 5.33. The van der Waals surface area contributed by atoms with Crippen LogP contribution in [0, 0.1) is 5.92 Å². The van der Waals surface area contributed by atoms with E-state index in [1.165, 1.54) is 0 Å². The smallest absolute Gasteiger partial charge is 0.219 e. The van der Waals surface area contributed by atoms with Crippen LogP contribution in [0.1, 0.15) is 41.3 Å². The Bertz CT molecular complexity index is 716. The molecule has 140 valence electrons. The number of benzene rings is 1. The quantitative estimate of drug-likeness (QED) is 0.814. The molecule has 1 aromatic rings. The van der Waals surface area contributed by atoms with Gasteiger partial charge in [0.05, 0.1) is 6.54 Å². The van der Waals surface area contributed by atoms with Crippen molar-refractivity contribution in [1.29, 1.82) is 0 Å². The zero-order valence-corrected chi connectivity index (χ0v) is 15.2. The number of Topliss-reactive ketones (excluding diaryl/α,β-unsaturated/α-hetero) is 2. The summed E-state index contributed by atoms with van der Waals surface area (Å²) >= 11 is 0. The second kappa shape index (κ2) is 8.10. The summed E-state index contributed by atoms with van der Waals surface area (Å²) in [6.07, 6.45) is 2.44. The average molecular weight is 358 g/mol. The van der Waals surface area contributed by atoms with E-state index >= 15 is 0 Å². The SMILES string of the molecule is CC(=O)N1CCCC(CN2CC(=O)Cc3ccc(C(=O)CO)cc3C2)C1. The summed E-state index contributed by atoms with van der Waals surface area (Å²) < 4.78 is 0. The number of carbonyl (C=O) groups excluding carboxylic acids is 3. The molecule has 0 saturated carbocycles. The third-order valence-corrected chi connectivity index (χ3v) is 5.33. The highest BCUT2D eigenvalue weighted by atomic mass is 16.3. The Labute approximate surface area is 153 Å². The van der Waals surface area contributed by atoms with Crippen molar-refractivity contribution in [3.8, 4) is 0 Å². The standard InChI is InChI=1S/C20H26N2O4/c1-14(24)22-6-2-3-15(10-22)9-21-11-18-7-17(20(26)13-23)5-4-16(18)8-19(25)12-21/h4-5,7,15,23H,2-3,6,8-13H2,1H3. The van der Waals surface area contributed by atoms with Crippen molar-refractivity contribution in [3.63, 3.8) is 0 Å². The summed E-state index contributed by atoms with van der Waals surface area (Å²) in [5, 5.41) is 9.08. The molecule has 0 spiro atoms. The van der Waals surface area contributed by atoms with Crippen LogP contribution in [0.25, 0.3) is 0 Å². The van der Waals surface area contributed by atoms with Crippen LogP contribution in [0.4, 0.5) is 0 Å². The van der Waals surface area contributed by atoms with Crippen LogP contribution >= 0.6 is 0 Å². The van der Waals surface area contributed by atoms with Crippen molar-refractivity contribution >= 4 is 17.5 Å². The molecule has 0 aliphatic carbocycles. The molecular formula is C20H26N2O4. The van der Waals surface area contributed by atoms with Crippen LogP contribution < -0.4 is 0 Å². The Kier molecular flexibility index (Phi) is 5.84. The van der Waals surface area contributed by atoms with Gasteiger partial charge in [0, 0.05) is 45.1 Å². The molecule has 6 nitrogen and oxygen atoms in total. The summed E-state index contributed by atoms with van der Waals surface area (Å²) in [5.41, 5.74) is 2.43. The molecule has 0 radical (unpaired) electrons. The van der Waals surface area contributed by atoms with Gasteiger partial charge in [-0.2, -0.15) is 0 Å². The molecule has 1 aromatic carbocycles. The highest BCUT2D eigenvalue weighted by molar-refractivity contribution is 5.97. The minimum Gasteiger partial charge on any atom is -0.388 e. The van der Waals surface area contributed by atoms with Gasteiger partial charge in [-0.3, -0.25) is 19.3 Å². The van der Waals surface area contributed by atoms with E-state index < -0.39 is 6.61 Å². The number of rotatable bonds is 4. The van der Waals surface area contributed by atoms with Gasteiger partial charge in [0.2, 0.25) is 5.91 Å². The van der Waals surface area contributed by atoms with Crippen LogP contribution in [0.3, 0.4) is 0 Å². The topological polar surface area (TPSA) is 77.9 Å². The Morgan fingerprint density at radius 3 is 2.77 bits per heavy atom. The third-order valence-electron chi connectivity index (χ3n) is 5.33. The van der Waals surface area contributed by atoms with Crippen LogP contribution in [0.15, 0.2) is 18.2 Å². The van der Waals surface area contributed by atoms with Gasteiger partial charge in [0.15, 0.2) is 11.6 Å². The number of likely N-dealkylation sites (tertiary alicyclic amines) is 1. The normalized spacial score (nSPS) is 21.2. The lowest BCUT2D eigenvalue weighted by molar-refractivity contribution is -0.131. The van der Waals surface area contributed by atoms with E-state index in [4.69, 9.17) is 5.11 Å².